The number of carbonyl (C=O) groups excluding carboxylic acids is 1. The van der Waals surface area contributed by atoms with Gasteiger partial charge >= 0.3 is 0 Å². The van der Waals surface area contributed by atoms with Gasteiger partial charge in [-0.25, -0.2) is 12.7 Å². The predicted molar refractivity (Wildman–Crippen MR) is 112 cm³/mol. The summed E-state index contributed by atoms with van der Waals surface area (Å²) in [5.74, 6) is 0.184. The molecule has 28 heavy (non-hydrogen) atoms. The molecule has 3 aliphatic heterocycles. The first-order chi connectivity index (χ1) is 13.2. The molecule has 6 nitrogen and oxygen atoms in total. The monoisotopic (exact) mass is 425 g/mol. The number of nitrogens with zero attached hydrogens (tertiary/aromatic N) is 3. The smallest absolute Gasteiger partial charge is 0.230 e. The van der Waals surface area contributed by atoms with Crippen molar-refractivity contribution in [3.8, 4) is 0 Å². The molecule has 0 aliphatic carbocycles. The average Bonchev–Trinajstić information content (AvgIpc) is 3.29. The van der Waals surface area contributed by atoms with Crippen molar-refractivity contribution in [1.82, 2.24) is 14.1 Å². The minimum Gasteiger partial charge on any atom is -0.342 e. The summed E-state index contributed by atoms with van der Waals surface area (Å²) in [5.41, 5.74) is -0.753. The van der Waals surface area contributed by atoms with Crippen molar-refractivity contribution in [2.45, 2.75) is 39.7 Å². The maximum atomic E-state index is 13.4. The number of aryl methyl sites for hydroxylation is 1. The number of piperidine rings is 1. The van der Waals surface area contributed by atoms with Gasteiger partial charge in [0.05, 0.1) is 11.7 Å². The Labute approximate surface area is 172 Å². The topological polar surface area (TPSA) is 60.9 Å². The van der Waals surface area contributed by atoms with Crippen LogP contribution in [0.5, 0.6) is 0 Å². The van der Waals surface area contributed by atoms with E-state index in [9.17, 15) is 13.2 Å². The number of carbonyl (C=O) groups is 1. The summed E-state index contributed by atoms with van der Waals surface area (Å²) in [4.78, 5) is 20.5. The van der Waals surface area contributed by atoms with Gasteiger partial charge in [0.1, 0.15) is 0 Å². The van der Waals surface area contributed by atoms with E-state index in [1.165, 1.54) is 16.0 Å². The first kappa shape index (κ1) is 20.3. The van der Waals surface area contributed by atoms with Gasteiger partial charge < -0.3 is 4.90 Å². The number of likely N-dealkylation sites (tertiary alicyclic amines) is 2. The fraction of sp³-hybridized carbons (Fsp3) is 0.750. The zero-order chi connectivity index (χ0) is 20.2. The average molecular weight is 426 g/mol. The maximum Gasteiger partial charge on any atom is 0.230 e. The Morgan fingerprint density at radius 2 is 1.82 bits per heavy atom. The van der Waals surface area contributed by atoms with Crippen LogP contribution in [0.25, 0.3) is 0 Å². The summed E-state index contributed by atoms with van der Waals surface area (Å²) in [6.07, 6.45) is 3.86. The highest BCUT2D eigenvalue weighted by Gasteiger charge is 2.66. The SMILES string of the molecule is CCN1CCC2(CN(S(C)(=O)=O)CC23CCN(Cc2ccc(C)s2)CC3)C1=O. The summed E-state index contributed by atoms with van der Waals surface area (Å²) in [6, 6.07) is 4.37. The summed E-state index contributed by atoms with van der Waals surface area (Å²) < 4.78 is 26.3. The van der Waals surface area contributed by atoms with Crippen LogP contribution in [0.1, 0.15) is 35.9 Å². The Morgan fingerprint density at radius 3 is 2.36 bits per heavy atom. The van der Waals surface area contributed by atoms with Crippen molar-refractivity contribution >= 4 is 27.3 Å². The van der Waals surface area contributed by atoms with Gasteiger partial charge in [-0.1, -0.05) is 0 Å². The molecule has 8 heteroatoms. The molecule has 3 saturated heterocycles. The third kappa shape index (κ3) is 3.22. The largest absolute Gasteiger partial charge is 0.342 e. The molecule has 0 aromatic carbocycles. The van der Waals surface area contributed by atoms with E-state index < -0.39 is 15.4 Å². The number of amides is 1. The van der Waals surface area contributed by atoms with Gasteiger partial charge in [-0.2, -0.15) is 0 Å². The van der Waals surface area contributed by atoms with Crippen LogP contribution in [-0.2, 0) is 21.4 Å². The molecule has 3 aliphatic rings. The van der Waals surface area contributed by atoms with E-state index in [4.69, 9.17) is 0 Å². The number of hydrogen-bond donors (Lipinski definition) is 0. The molecule has 0 bridgehead atoms. The van der Waals surface area contributed by atoms with E-state index >= 15 is 0 Å². The van der Waals surface area contributed by atoms with Gasteiger partial charge in [0, 0.05) is 47.9 Å². The molecular formula is C20H31N3O3S2. The first-order valence-electron chi connectivity index (χ1n) is 10.2. The standard InChI is InChI=1S/C20H31N3O3S2/c1-4-22-12-9-20(18(22)24)15-23(28(3,25)26)14-19(20)7-10-21(11-8-19)13-17-6-5-16(2)27-17/h5-6H,4,7-15H2,1-3H3. The quantitative estimate of drug-likeness (QED) is 0.742. The molecule has 156 valence electrons. The van der Waals surface area contributed by atoms with Crippen LogP contribution in [-0.4, -0.2) is 74.0 Å². The molecule has 1 aromatic rings. The molecular weight excluding hydrogens is 394 g/mol. The summed E-state index contributed by atoms with van der Waals surface area (Å²) in [5, 5.41) is 0. The minimum absolute atomic E-state index is 0.184. The minimum atomic E-state index is -3.30. The van der Waals surface area contributed by atoms with Crippen molar-refractivity contribution < 1.29 is 13.2 Å². The second kappa shape index (κ2) is 7.07. The Kier molecular flexibility index (Phi) is 5.13. The van der Waals surface area contributed by atoms with Gasteiger partial charge in [0.2, 0.25) is 15.9 Å². The molecule has 2 spiro atoms. The van der Waals surface area contributed by atoms with Crippen molar-refractivity contribution in [2.24, 2.45) is 10.8 Å². The molecule has 0 N–H and O–H groups in total. The Hall–Kier alpha value is -0.960. The van der Waals surface area contributed by atoms with Crippen molar-refractivity contribution in [3.63, 3.8) is 0 Å². The van der Waals surface area contributed by atoms with E-state index in [-0.39, 0.29) is 11.3 Å². The zero-order valence-electron chi connectivity index (χ0n) is 17.1. The number of thiophene rings is 1. The van der Waals surface area contributed by atoms with Crippen LogP contribution in [0.15, 0.2) is 12.1 Å². The second-order valence-electron chi connectivity index (χ2n) is 8.82. The normalized spacial score (nSPS) is 28.8. The van der Waals surface area contributed by atoms with E-state index in [2.05, 4.69) is 24.0 Å². The highest BCUT2D eigenvalue weighted by molar-refractivity contribution is 7.88. The van der Waals surface area contributed by atoms with Gasteiger partial charge in [-0.3, -0.25) is 9.69 Å². The molecule has 1 unspecified atom stereocenters. The van der Waals surface area contributed by atoms with E-state index in [0.29, 0.717) is 19.6 Å². The Morgan fingerprint density at radius 1 is 1.11 bits per heavy atom. The van der Waals surface area contributed by atoms with Crippen LogP contribution in [0, 0.1) is 17.8 Å². The Bertz CT molecular complexity index is 858. The summed E-state index contributed by atoms with van der Waals surface area (Å²) in [7, 11) is -3.30. The lowest BCUT2D eigenvalue weighted by atomic mass is 9.60. The van der Waals surface area contributed by atoms with Gasteiger partial charge in [-0.05, 0) is 58.3 Å². The zero-order valence-corrected chi connectivity index (χ0v) is 18.7. The van der Waals surface area contributed by atoms with Gasteiger partial charge in [0.25, 0.3) is 0 Å². The maximum absolute atomic E-state index is 13.4. The third-order valence-electron chi connectivity index (χ3n) is 7.28. The molecule has 0 radical (unpaired) electrons. The van der Waals surface area contributed by atoms with Crippen LogP contribution in [0.2, 0.25) is 0 Å². The van der Waals surface area contributed by atoms with Gasteiger partial charge in [0.15, 0.2) is 0 Å². The molecule has 3 fully saturated rings. The van der Waals surface area contributed by atoms with Crippen LogP contribution < -0.4 is 0 Å². The predicted octanol–water partition coefficient (Wildman–Crippen LogP) is 2.15. The second-order valence-corrected chi connectivity index (χ2v) is 12.2. The summed E-state index contributed by atoms with van der Waals surface area (Å²) >= 11 is 1.84. The molecule has 1 atom stereocenters. The fourth-order valence-corrected chi connectivity index (χ4v) is 7.46. The lowest BCUT2D eigenvalue weighted by Crippen LogP contribution is -2.52. The number of rotatable bonds is 4. The van der Waals surface area contributed by atoms with Crippen LogP contribution in [0.3, 0.4) is 0 Å². The van der Waals surface area contributed by atoms with Crippen molar-refractivity contribution in [2.75, 3.05) is 45.5 Å². The summed E-state index contributed by atoms with van der Waals surface area (Å²) in [6.45, 7) is 9.28. The van der Waals surface area contributed by atoms with Crippen LogP contribution >= 0.6 is 11.3 Å². The van der Waals surface area contributed by atoms with E-state index in [0.717, 1.165) is 45.4 Å². The number of fused-ring (bicyclic) bond motifs is 1. The molecule has 4 rings (SSSR count). The van der Waals surface area contributed by atoms with Crippen molar-refractivity contribution in [1.29, 1.82) is 0 Å². The molecule has 0 saturated carbocycles. The highest BCUT2D eigenvalue weighted by atomic mass is 32.2. The lowest BCUT2D eigenvalue weighted by molar-refractivity contribution is -0.142. The number of sulfonamides is 1. The third-order valence-corrected chi connectivity index (χ3v) is 9.47. The van der Waals surface area contributed by atoms with E-state index in [1.807, 2.05) is 23.2 Å². The highest BCUT2D eigenvalue weighted by Crippen LogP contribution is 2.58. The van der Waals surface area contributed by atoms with Crippen LogP contribution in [0.4, 0.5) is 0 Å². The lowest BCUT2D eigenvalue weighted by Gasteiger charge is -2.47. The van der Waals surface area contributed by atoms with Gasteiger partial charge in [-0.15, -0.1) is 11.3 Å². The molecule has 4 heterocycles. The molecule has 1 aromatic heterocycles. The number of hydrogen-bond acceptors (Lipinski definition) is 5. The van der Waals surface area contributed by atoms with E-state index in [1.54, 1.807) is 4.31 Å². The van der Waals surface area contributed by atoms with Crippen molar-refractivity contribution in [3.05, 3.63) is 21.9 Å². The first-order valence-corrected chi connectivity index (χ1v) is 12.9. The molecule has 1 amide bonds. The fourth-order valence-electron chi connectivity index (χ4n) is 5.59. The Balaban J connectivity index is 1.57.